The molecule has 2 heteroatoms. The highest BCUT2D eigenvalue weighted by molar-refractivity contribution is 5.13. The Morgan fingerprint density at radius 2 is 2.00 bits per heavy atom. The molecular weight excluding hydrogens is 212 g/mol. The topological polar surface area (TPSA) is 40.5 Å². The van der Waals surface area contributed by atoms with Gasteiger partial charge in [0.1, 0.15) is 0 Å². The third kappa shape index (κ3) is 2.58. The molecule has 0 bridgehead atoms. The highest BCUT2D eigenvalue weighted by atomic mass is 16.3. The number of hydrogen-bond acceptors (Lipinski definition) is 2. The van der Waals surface area contributed by atoms with Crippen molar-refractivity contribution in [2.75, 3.05) is 0 Å². The van der Waals surface area contributed by atoms with Crippen molar-refractivity contribution in [2.45, 2.75) is 64.1 Å². The average Bonchev–Trinajstić information content (AvgIpc) is 2.14. The van der Waals surface area contributed by atoms with Gasteiger partial charge in [-0.2, -0.15) is 0 Å². The van der Waals surface area contributed by atoms with Gasteiger partial charge in [-0.15, -0.1) is 0 Å². The second-order valence-corrected chi connectivity index (χ2v) is 6.97. The van der Waals surface area contributed by atoms with Gasteiger partial charge in [-0.1, -0.05) is 12.2 Å². The van der Waals surface area contributed by atoms with E-state index in [2.05, 4.69) is 6.58 Å². The van der Waals surface area contributed by atoms with Gasteiger partial charge in [-0.05, 0) is 70.6 Å². The first-order chi connectivity index (χ1) is 7.71. The highest BCUT2D eigenvalue weighted by Gasteiger charge is 2.47. The maximum Gasteiger partial charge on any atom is 0.0623 e. The molecule has 2 fully saturated rings. The monoisotopic (exact) mass is 238 g/mol. The van der Waals surface area contributed by atoms with E-state index < -0.39 is 11.2 Å². The summed E-state index contributed by atoms with van der Waals surface area (Å²) in [5.74, 6) is 1.21. The zero-order chi connectivity index (χ0) is 12.8. The van der Waals surface area contributed by atoms with Gasteiger partial charge in [0.15, 0.2) is 0 Å². The SMILES string of the molecule is C=C1CCC(C(C)(C)O)[C@@H]2C[C@](C)(O)CC[C@H]12. The maximum absolute atomic E-state index is 10.3. The fourth-order valence-electron chi connectivity index (χ4n) is 3.98. The lowest BCUT2D eigenvalue weighted by atomic mass is 9.57. The molecule has 0 radical (unpaired) electrons. The van der Waals surface area contributed by atoms with Crippen LogP contribution < -0.4 is 0 Å². The standard InChI is InChI=1S/C15H26O2/c1-10-5-6-13(14(2,3)16)12-9-15(4,17)8-7-11(10)12/h11-13,16-17H,1,5-9H2,2-4H3/t11-,12-,13?,15-/m1/s1. The largest absolute Gasteiger partial charge is 0.390 e. The van der Waals surface area contributed by atoms with Crippen LogP contribution in [0.15, 0.2) is 12.2 Å². The van der Waals surface area contributed by atoms with Gasteiger partial charge >= 0.3 is 0 Å². The Bertz CT molecular complexity index is 311. The van der Waals surface area contributed by atoms with Crippen LogP contribution in [0.2, 0.25) is 0 Å². The molecule has 0 amide bonds. The van der Waals surface area contributed by atoms with Crippen molar-refractivity contribution in [1.82, 2.24) is 0 Å². The van der Waals surface area contributed by atoms with Crippen LogP contribution in [0.1, 0.15) is 52.9 Å². The molecule has 0 heterocycles. The van der Waals surface area contributed by atoms with Crippen LogP contribution in [-0.4, -0.2) is 21.4 Å². The molecule has 2 nitrogen and oxygen atoms in total. The number of hydrogen-bond donors (Lipinski definition) is 2. The molecule has 0 aromatic heterocycles. The molecular formula is C15H26O2. The molecule has 1 unspecified atom stereocenters. The first-order valence-electron chi connectivity index (χ1n) is 6.83. The molecule has 0 aromatic rings. The van der Waals surface area contributed by atoms with Crippen LogP contribution in [0, 0.1) is 17.8 Å². The van der Waals surface area contributed by atoms with E-state index in [1.165, 1.54) is 5.57 Å². The minimum atomic E-state index is -0.642. The van der Waals surface area contributed by atoms with Crippen molar-refractivity contribution >= 4 is 0 Å². The minimum absolute atomic E-state index is 0.296. The predicted molar refractivity (Wildman–Crippen MR) is 69.6 cm³/mol. The molecule has 0 aliphatic heterocycles. The Balaban J connectivity index is 2.24. The Kier molecular flexibility index (Phi) is 3.16. The summed E-state index contributed by atoms with van der Waals surface area (Å²) in [4.78, 5) is 0. The van der Waals surface area contributed by atoms with E-state index in [1.807, 2.05) is 20.8 Å². The summed E-state index contributed by atoms with van der Waals surface area (Å²) in [6.07, 6.45) is 4.76. The van der Waals surface area contributed by atoms with Crippen LogP contribution in [0.25, 0.3) is 0 Å². The molecule has 4 atom stereocenters. The van der Waals surface area contributed by atoms with Crippen LogP contribution in [-0.2, 0) is 0 Å². The van der Waals surface area contributed by atoms with E-state index in [0.717, 1.165) is 32.1 Å². The van der Waals surface area contributed by atoms with E-state index >= 15 is 0 Å². The van der Waals surface area contributed by atoms with Crippen molar-refractivity contribution in [1.29, 1.82) is 0 Å². The first-order valence-corrected chi connectivity index (χ1v) is 6.83. The van der Waals surface area contributed by atoms with Crippen molar-refractivity contribution in [2.24, 2.45) is 17.8 Å². The van der Waals surface area contributed by atoms with Crippen LogP contribution in [0.3, 0.4) is 0 Å². The van der Waals surface area contributed by atoms with Crippen LogP contribution >= 0.6 is 0 Å². The molecule has 2 aliphatic rings. The van der Waals surface area contributed by atoms with Gasteiger partial charge in [0.2, 0.25) is 0 Å². The molecule has 98 valence electrons. The van der Waals surface area contributed by atoms with E-state index in [9.17, 15) is 10.2 Å². The lowest BCUT2D eigenvalue weighted by molar-refractivity contribution is -0.0875. The second-order valence-electron chi connectivity index (χ2n) is 6.97. The fraction of sp³-hybridized carbons (Fsp3) is 0.867. The van der Waals surface area contributed by atoms with Crippen molar-refractivity contribution in [3.8, 4) is 0 Å². The smallest absolute Gasteiger partial charge is 0.0623 e. The highest BCUT2D eigenvalue weighted by Crippen LogP contribution is 2.51. The van der Waals surface area contributed by atoms with Gasteiger partial charge < -0.3 is 10.2 Å². The Hall–Kier alpha value is -0.340. The fourth-order valence-corrected chi connectivity index (χ4v) is 3.98. The Labute approximate surface area is 105 Å². The van der Waals surface area contributed by atoms with Crippen LogP contribution in [0.4, 0.5) is 0 Å². The minimum Gasteiger partial charge on any atom is -0.390 e. The molecule has 17 heavy (non-hydrogen) atoms. The number of fused-ring (bicyclic) bond motifs is 1. The number of rotatable bonds is 1. The van der Waals surface area contributed by atoms with Gasteiger partial charge in [0, 0.05) is 0 Å². The zero-order valence-electron chi connectivity index (χ0n) is 11.4. The molecule has 2 saturated carbocycles. The summed E-state index contributed by atoms with van der Waals surface area (Å²) < 4.78 is 0. The molecule has 2 N–H and O–H groups in total. The number of aliphatic hydroxyl groups is 2. The van der Waals surface area contributed by atoms with E-state index in [4.69, 9.17) is 0 Å². The van der Waals surface area contributed by atoms with Gasteiger partial charge in [-0.3, -0.25) is 0 Å². The van der Waals surface area contributed by atoms with Crippen LogP contribution in [0.5, 0.6) is 0 Å². The molecule has 2 aliphatic carbocycles. The molecule has 2 rings (SSSR count). The van der Waals surface area contributed by atoms with Gasteiger partial charge in [-0.25, -0.2) is 0 Å². The lowest BCUT2D eigenvalue weighted by Crippen LogP contribution is -2.48. The second kappa shape index (κ2) is 4.10. The van der Waals surface area contributed by atoms with E-state index in [0.29, 0.717) is 17.8 Å². The van der Waals surface area contributed by atoms with Crippen molar-refractivity contribution in [3.63, 3.8) is 0 Å². The van der Waals surface area contributed by atoms with E-state index in [-0.39, 0.29) is 0 Å². The normalized spacial score (nSPS) is 43.4. The third-order valence-electron chi connectivity index (χ3n) is 4.91. The van der Waals surface area contributed by atoms with Crippen molar-refractivity contribution in [3.05, 3.63) is 12.2 Å². The third-order valence-corrected chi connectivity index (χ3v) is 4.91. The van der Waals surface area contributed by atoms with Crippen molar-refractivity contribution < 1.29 is 10.2 Å². The lowest BCUT2D eigenvalue weighted by Gasteiger charge is -2.50. The van der Waals surface area contributed by atoms with Gasteiger partial charge in [0.05, 0.1) is 11.2 Å². The summed E-state index contributed by atoms with van der Waals surface area (Å²) >= 11 is 0. The average molecular weight is 238 g/mol. The Morgan fingerprint density at radius 3 is 2.59 bits per heavy atom. The summed E-state index contributed by atoms with van der Waals surface area (Å²) in [5.41, 5.74) is 0.144. The summed E-state index contributed by atoms with van der Waals surface area (Å²) in [5, 5.41) is 20.6. The maximum atomic E-state index is 10.3. The Morgan fingerprint density at radius 1 is 1.35 bits per heavy atom. The van der Waals surface area contributed by atoms with E-state index in [1.54, 1.807) is 0 Å². The molecule has 0 spiro atoms. The summed E-state index contributed by atoms with van der Waals surface area (Å²) in [7, 11) is 0. The van der Waals surface area contributed by atoms with Gasteiger partial charge in [0.25, 0.3) is 0 Å². The predicted octanol–water partition coefficient (Wildman–Crippen LogP) is 2.89. The zero-order valence-corrected chi connectivity index (χ0v) is 11.4. The summed E-state index contributed by atoms with van der Waals surface area (Å²) in [6, 6.07) is 0. The number of allylic oxidation sites excluding steroid dienone is 1. The summed E-state index contributed by atoms with van der Waals surface area (Å²) in [6.45, 7) is 9.95. The first kappa shape index (κ1) is 13.1. The molecule has 0 saturated heterocycles. The molecule has 0 aromatic carbocycles. The quantitative estimate of drug-likeness (QED) is 0.690.